The van der Waals surface area contributed by atoms with E-state index in [1.165, 1.54) is 62.6 Å². The third-order valence-corrected chi connectivity index (χ3v) is 13.0. The Labute approximate surface area is 359 Å². The quantitative estimate of drug-likeness (QED) is 0.174. The minimum atomic E-state index is 0.645. The van der Waals surface area contributed by atoms with Crippen molar-refractivity contribution < 1.29 is 9.68 Å². The predicted octanol–water partition coefficient (Wildman–Crippen LogP) is 16.0. The van der Waals surface area contributed by atoms with Crippen LogP contribution in [-0.2, 0) is 0 Å². The summed E-state index contributed by atoms with van der Waals surface area (Å²) >= 11 is 14.3. The van der Waals surface area contributed by atoms with Crippen LogP contribution in [0.1, 0.15) is 0 Å². The zero-order valence-electron chi connectivity index (χ0n) is 29.7. The highest BCUT2D eigenvalue weighted by atomic mass is 79.9. The number of para-hydroxylation sites is 1. The zero-order chi connectivity index (χ0) is 38.4. The lowest BCUT2D eigenvalue weighted by Gasteiger charge is -2.10. The van der Waals surface area contributed by atoms with Crippen LogP contribution in [0.15, 0.2) is 195 Å². The molecule has 8 aromatic carbocycles. The van der Waals surface area contributed by atoms with Crippen LogP contribution >= 0.6 is 70.5 Å². The van der Waals surface area contributed by atoms with Crippen LogP contribution in [0.2, 0.25) is 0 Å². The van der Waals surface area contributed by atoms with Crippen LogP contribution in [-0.4, -0.2) is 12.7 Å². The third kappa shape index (κ3) is 8.57. The lowest BCUT2D eigenvalue weighted by Crippen LogP contribution is -2.00. The number of benzene rings is 8. The first-order valence-corrected chi connectivity index (χ1v) is 21.8. The van der Waals surface area contributed by atoms with Crippen molar-refractivity contribution >= 4 is 118 Å². The average Bonchev–Trinajstić information content (AvgIpc) is 3.78. The number of thiophene rings is 2. The molecule has 0 aliphatic heterocycles. The fraction of sp³-hybridized carbons (Fsp3) is 0. The normalized spacial score (nSPS) is 10.9. The number of hydrogen-bond donors (Lipinski definition) is 1. The van der Waals surface area contributed by atoms with Gasteiger partial charge in [0.25, 0.3) is 0 Å². The third-order valence-electron chi connectivity index (χ3n) is 9.31. The maximum absolute atomic E-state index is 8.64. The average molecular weight is 954 g/mol. The van der Waals surface area contributed by atoms with Crippen molar-refractivity contribution in [3.05, 3.63) is 195 Å². The molecule has 1 N–H and O–H groups in total. The molecule has 2 heterocycles. The van der Waals surface area contributed by atoms with Crippen LogP contribution in [0.25, 0.3) is 73.7 Å². The second kappa shape index (κ2) is 17.7. The Hall–Kier alpha value is -4.54. The van der Waals surface area contributed by atoms with E-state index < -0.39 is 0 Å². The molecule has 8 heteroatoms. The summed E-state index contributed by atoms with van der Waals surface area (Å²) < 4.78 is 13.7. The molecule has 0 spiro atoms. The van der Waals surface area contributed by atoms with E-state index in [0.717, 1.165) is 24.5 Å². The summed E-state index contributed by atoms with van der Waals surface area (Å²) in [6.45, 7) is 0. The molecule has 0 saturated carbocycles. The molecule has 0 aliphatic carbocycles. The van der Waals surface area contributed by atoms with Gasteiger partial charge in [0.05, 0.1) is 0 Å². The second-order valence-electron chi connectivity index (χ2n) is 12.8. The Morgan fingerprint density at radius 1 is 0.375 bits per heavy atom. The van der Waals surface area contributed by atoms with E-state index in [0.29, 0.717) is 13.4 Å². The molecule has 56 heavy (non-hydrogen) atoms. The summed E-state index contributed by atoms with van der Waals surface area (Å²) in [7, 11) is 0.696. The summed E-state index contributed by atoms with van der Waals surface area (Å²) in [4.78, 5) is 0. The van der Waals surface area contributed by atoms with Gasteiger partial charge in [0.2, 0.25) is 0 Å². The molecule has 1 radical (unpaired) electrons. The molecule has 0 atom stereocenters. The molecule has 0 saturated heterocycles. The molecule has 0 fully saturated rings. The first-order chi connectivity index (χ1) is 27.4. The smallest absolute Gasteiger partial charge is 0.537 e. The first-order valence-electron chi connectivity index (χ1n) is 17.8. The topological polar surface area (TPSA) is 29.5 Å². The molecule has 10 aromatic rings. The van der Waals surface area contributed by atoms with Gasteiger partial charge in [-0.05, 0) is 76.3 Å². The van der Waals surface area contributed by atoms with Crippen LogP contribution in [0.5, 0.6) is 5.75 Å². The van der Waals surface area contributed by atoms with E-state index in [1.54, 1.807) is 0 Å². The fourth-order valence-electron chi connectivity index (χ4n) is 6.73. The largest absolute Gasteiger partial charge is 0.569 e. The maximum atomic E-state index is 8.64. The fourth-order valence-corrected chi connectivity index (χ4v) is 10.6. The number of rotatable bonds is 5. The van der Waals surface area contributed by atoms with Gasteiger partial charge in [-0.1, -0.05) is 181 Å². The molecule has 2 nitrogen and oxygen atoms in total. The van der Waals surface area contributed by atoms with E-state index in [-0.39, 0.29) is 0 Å². The molecule has 0 unspecified atom stereocenters. The van der Waals surface area contributed by atoms with Gasteiger partial charge in [0.15, 0.2) is 0 Å². The standard InChI is InChI=1S/C24H15BrS.C12H10BO2.C12H6Br2S/c25-18-11-13-22-21-12-10-17(14-23(21)26-24(22)15-18)20-9-5-4-8-19(20)16-6-2-1-3-7-16;14-13-15-12-9-5-4-8-11(12)10-6-2-1-3-7-10;13-7-1-3-9-10-4-2-8(14)6-12(10)15-11(9)5-7/h1-15H;1-9,14H;1-6H. The van der Waals surface area contributed by atoms with Crippen molar-refractivity contribution in [2.45, 2.75) is 0 Å². The highest BCUT2D eigenvalue weighted by Gasteiger charge is 2.11. The molecular weight excluding hydrogens is 923 g/mol. The van der Waals surface area contributed by atoms with Gasteiger partial charge in [-0.2, -0.15) is 0 Å². The van der Waals surface area contributed by atoms with Gasteiger partial charge in [-0.3, -0.25) is 0 Å². The van der Waals surface area contributed by atoms with Crippen molar-refractivity contribution in [3.8, 4) is 39.1 Å². The SMILES string of the molecule is Brc1ccc2c(c1)sc1cc(-c3ccccc3-c3ccccc3)ccc12.Brc1ccc2c(c1)sc1cc(Br)ccc12.O[B]Oc1ccccc1-c1ccccc1. The predicted molar refractivity (Wildman–Crippen MR) is 253 cm³/mol. The van der Waals surface area contributed by atoms with Crippen molar-refractivity contribution in [3.63, 3.8) is 0 Å². The van der Waals surface area contributed by atoms with Crippen molar-refractivity contribution in [1.82, 2.24) is 0 Å². The van der Waals surface area contributed by atoms with Gasteiger partial charge in [0, 0.05) is 59.3 Å². The second-order valence-corrected chi connectivity index (χ2v) is 17.7. The molecule has 271 valence electrons. The Bertz CT molecular complexity index is 2870. The van der Waals surface area contributed by atoms with Gasteiger partial charge in [-0.15, -0.1) is 22.7 Å². The van der Waals surface area contributed by atoms with Gasteiger partial charge < -0.3 is 9.68 Å². The first kappa shape index (κ1) is 38.3. The minimum absolute atomic E-state index is 0.645. The Morgan fingerprint density at radius 3 is 1.23 bits per heavy atom. The highest BCUT2D eigenvalue weighted by Crippen LogP contribution is 2.40. The van der Waals surface area contributed by atoms with Gasteiger partial charge in [0.1, 0.15) is 5.75 Å². The van der Waals surface area contributed by atoms with Crippen LogP contribution in [0.3, 0.4) is 0 Å². The molecular formula is C48H31BBr3O2S2. The van der Waals surface area contributed by atoms with Crippen LogP contribution in [0.4, 0.5) is 0 Å². The van der Waals surface area contributed by atoms with E-state index in [4.69, 9.17) is 9.68 Å². The van der Waals surface area contributed by atoms with Gasteiger partial charge >= 0.3 is 7.69 Å². The van der Waals surface area contributed by atoms with E-state index in [2.05, 4.69) is 175 Å². The number of halogens is 3. The Balaban J connectivity index is 0.000000126. The summed E-state index contributed by atoms with van der Waals surface area (Å²) in [6.07, 6.45) is 0. The Morgan fingerprint density at radius 2 is 0.750 bits per heavy atom. The summed E-state index contributed by atoms with van der Waals surface area (Å²) in [5.74, 6) is 0.645. The molecule has 0 bridgehead atoms. The summed E-state index contributed by atoms with van der Waals surface area (Å²) in [5.41, 5.74) is 7.10. The van der Waals surface area contributed by atoms with Crippen molar-refractivity contribution in [2.75, 3.05) is 0 Å². The van der Waals surface area contributed by atoms with E-state index in [1.807, 2.05) is 77.3 Å². The molecule has 2 aromatic heterocycles. The summed E-state index contributed by atoms with van der Waals surface area (Å²) in [6, 6.07) is 63.0. The van der Waals surface area contributed by atoms with Crippen molar-refractivity contribution in [2.24, 2.45) is 0 Å². The van der Waals surface area contributed by atoms with Crippen LogP contribution < -0.4 is 4.65 Å². The molecule has 0 amide bonds. The van der Waals surface area contributed by atoms with Crippen LogP contribution in [0, 0.1) is 0 Å². The zero-order valence-corrected chi connectivity index (χ0v) is 36.1. The Kier molecular flexibility index (Phi) is 12.1. The lowest BCUT2D eigenvalue weighted by molar-refractivity contribution is 0.455. The van der Waals surface area contributed by atoms with Crippen molar-refractivity contribution in [1.29, 1.82) is 0 Å². The number of hydrogen-bond acceptors (Lipinski definition) is 4. The highest BCUT2D eigenvalue weighted by molar-refractivity contribution is 9.11. The lowest BCUT2D eigenvalue weighted by atomic mass is 9.94. The number of fused-ring (bicyclic) bond motifs is 6. The van der Waals surface area contributed by atoms with E-state index in [9.17, 15) is 0 Å². The molecule has 10 rings (SSSR count). The molecule has 0 aliphatic rings. The monoisotopic (exact) mass is 951 g/mol. The van der Waals surface area contributed by atoms with Gasteiger partial charge in [-0.25, -0.2) is 0 Å². The minimum Gasteiger partial charge on any atom is -0.537 e. The maximum Gasteiger partial charge on any atom is 0.569 e. The summed E-state index contributed by atoms with van der Waals surface area (Å²) in [5, 5.41) is 14.0. The van der Waals surface area contributed by atoms with E-state index >= 15 is 0 Å².